The van der Waals surface area contributed by atoms with Gasteiger partial charge in [-0.25, -0.2) is 0 Å². The number of benzene rings is 1. The average Bonchev–Trinajstić information content (AvgIpc) is 3.27. The number of halogens is 1. The van der Waals surface area contributed by atoms with E-state index in [1.54, 1.807) is 15.9 Å². The number of hydrogen-bond donors (Lipinski definition) is 1. The predicted molar refractivity (Wildman–Crippen MR) is 147 cm³/mol. The van der Waals surface area contributed by atoms with Crippen molar-refractivity contribution in [3.05, 3.63) is 53.1 Å². The molecule has 1 aromatic carbocycles. The van der Waals surface area contributed by atoms with Crippen LogP contribution >= 0.6 is 11.6 Å². The molecule has 4 aliphatic rings. The maximum atomic E-state index is 14.6. The first-order valence-electron chi connectivity index (χ1n) is 14.0. The van der Waals surface area contributed by atoms with Crippen molar-refractivity contribution < 1.29 is 29.0 Å². The topological polar surface area (TPSA) is 96.4 Å². The van der Waals surface area contributed by atoms with Gasteiger partial charge in [-0.1, -0.05) is 55.0 Å². The van der Waals surface area contributed by atoms with Gasteiger partial charge in [-0.3, -0.25) is 14.4 Å². The molecule has 0 aliphatic carbocycles. The van der Waals surface area contributed by atoms with Crippen molar-refractivity contribution in [1.29, 1.82) is 0 Å². The van der Waals surface area contributed by atoms with Gasteiger partial charge >= 0.3 is 5.97 Å². The number of ether oxygens (including phenoxy) is 2. The van der Waals surface area contributed by atoms with Crippen molar-refractivity contribution in [3.8, 4) is 0 Å². The molecule has 0 bridgehead atoms. The summed E-state index contributed by atoms with van der Waals surface area (Å²) < 4.78 is 12.7. The maximum Gasteiger partial charge on any atom is 0.313 e. The average molecular weight is 557 g/mol. The number of hydrogen-bond acceptors (Lipinski definition) is 6. The fourth-order valence-electron chi connectivity index (χ4n) is 6.84. The molecule has 39 heavy (non-hydrogen) atoms. The quantitative estimate of drug-likeness (QED) is 0.324. The van der Waals surface area contributed by atoms with Crippen LogP contribution < -0.4 is 4.90 Å². The Labute approximate surface area is 234 Å². The number of nitrogens with zero attached hydrogens (tertiary/aromatic N) is 2. The van der Waals surface area contributed by atoms with Crippen LogP contribution in [0, 0.1) is 18.8 Å². The van der Waals surface area contributed by atoms with Gasteiger partial charge < -0.3 is 24.4 Å². The molecule has 210 valence electrons. The minimum Gasteiger partial charge on any atom is -0.465 e. The molecule has 0 aromatic heterocycles. The lowest BCUT2D eigenvalue weighted by atomic mass is 9.73. The molecule has 8 nitrogen and oxygen atoms in total. The number of aliphatic hydroxyl groups is 1. The number of fused-ring (bicyclic) bond motifs is 2. The van der Waals surface area contributed by atoms with Crippen molar-refractivity contribution in [3.63, 3.8) is 0 Å². The summed E-state index contributed by atoms with van der Waals surface area (Å²) in [5.74, 6) is -2.86. The number of anilines is 1. The molecule has 1 N–H and O–H groups in total. The normalized spacial score (nSPS) is 33.3. The number of cyclic esters (lactones) is 1. The molecule has 0 radical (unpaired) electrons. The fraction of sp³-hybridized carbons (Fsp3) is 0.567. The van der Waals surface area contributed by atoms with Crippen LogP contribution in [0.3, 0.4) is 0 Å². The molecular weight excluding hydrogens is 520 g/mol. The van der Waals surface area contributed by atoms with Crippen molar-refractivity contribution in [2.45, 2.75) is 69.6 Å². The Hall–Kier alpha value is -2.68. The van der Waals surface area contributed by atoms with Crippen LogP contribution in [-0.4, -0.2) is 71.3 Å². The lowest BCUT2D eigenvalue weighted by Crippen LogP contribution is -2.56. The summed E-state index contributed by atoms with van der Waals surface area (Å²) in [5, 5.41) is 9.85. The van der Waals surface area contributed by atoms with E-state index < -0.39 is 35.0 Å². The molecule has 9 heteroatoms. The highest BCUT2D eigenvalue weighted by Crippen LogP contribution is 2.58. The molecule has 1 spiro atoms. The lowest BCUT2D eigenvalue weighted by Gasteiger charge is -2.39. The second-order valence-corrected chi connectivity index (χ2v) is 11.3. The first-order chi connectivity index (χ1) is 18.8. The van der Waals surface area contributed by atoms with Crippen molar-refractivity contribution >= 4 is 35.1 Å². The van der Waals surface area contributed by atoms with Gasteiger partial charge in [0.25, 0.3) is 5.91 Å². The molecule has 5 rings (SSSR count). The van der Waals surface area contributed by atoms with Crippen LogP contribution in [0.25, 0.3) is 0 Å². The number of carbonyl (C=O) groups excluding carboxylic acids is 3. The fourth-order valence-corrected chi connectivity index (χ4v) is 7.16. The first-order valence-corrected chi connectivity index (χ1v) is 14.4. The summed E-state index contributed by atoms with van der Waals surface area (Å²) >= 11 is 6.60. The molecule has 0 saturated carbocycles. The molecule has 2 fully saturated rings. The van der Waals surface area contributed by atoms with Crippen LogP contribution in [-0.2, 0) is 23.9 Å². The van der Waals surface area contributed by atoms with Crippen LogP contribution in [0.2, 0.25) is 5.02 Å². The third kappa shape index (κ3) is 4.50. The molecule has 5 atom stereocenters. The highest BCUT2D eigenvalue weighted by atomic mass is 35.5. The van der Waals surface area contributed by atoms with Gasteiger partial charge in [0, 0.05) is 19.7 Å². The molecular formula is C30H37ClN2O6. The van der Waals surface area contributed by atoms with Crippen molar-refractivity contribution in [1.82, 2.24) is 4.90 Å². The van der Waals surface area contributed by atoms with Crippen LogP contribution in [0.1, 0.15) is 51.0 Å². The van der Waals surface area contributed by atoms with E-state index in [0.29, 0.717) is 30.0 Å². The molecule has 2 amide bonds. The minimum absolute atomic E-state index is 0.0186. The Morgan fingerprint density at radius 1 is 1.08 bits per heavy atom. The van der Waals surface area contributed by atoms with E-state index in [-0.39, 0.29) is 38.1 Å². The summed E-state index contributed by atoms with van der Waals surface area (Å²) in [7, 11) is 0. The van der Waals surface area contributed by atoms with Gasteiger partial charge in [-0.2, -0.15) is 0 Å². The van der Waals surface area contributed by atoms with E-state index in [1.807, 2.05) is 50.3 Å². The highest BCUT2D eigenvalue weighted by Gasteiger charge is 2.75. The van der Waals surface area contributed by atoms with E-state index in [0.717, 1.165) is 24.8 Å². The third-order valence-electron chi connectivity index (χ3n) is 8.65. The largest absolute Gasteiger partial charge is 0.465 e. The number of carbonyl (C=O) groups is 3. The third-order valence-corrected chi connectivity index (χ3v) is 8.95. The van der Waals surface area contributed by atoms with Crippen LogP contribution in [0.4, 0.5) is 5.69 Å². The molecule has 4 heterocycles. The zero-order valence-corrected chi connectivity index (χ0v) is 23.4. The highest BCUT2D eigenvalue weighted by molar-refractivity contribution is 6.34. The van der Waals surface area contributed by atoms with Gasteiger partial charge in [0.1, 0.15) is 23.2 Å². The number of allylic oxidation sites excluding steroid dienone is 1. The monoisotopic (exact) mass is 556 g/mol. The number of aliphatic hydroxyl groups excluding tert-OH is 1. The number of rotatable bonds is 6. The smallest absolute Gasteiger partial charge is 0.313 e. The molecule has 1 aromatic rings. The summed E-state index contributed by atoms with van der Waals surface area (Å²) in [5.41, 5.74) is -0.996. The zero-order chi connectivity index (χ0) is 27.8. The molecule has 4 aliphatic heterocycles. The molecule has 2 saturated heterocycles. The van der Waals surface area contributed by atoms with E-state index in [4.69, 9.17) is 21.1 Å². The number of aryl methyl sites for hydroxylation is 1. The summed E-state index contributed by atoms with van der Waals surface area (Å²) in [4.78, 5) is 45.7. The maximum absolute atomic E-state index is 14.6. The second-order valence-electron chi connectivity index (χ2n) is 10.9. The van der Waals surface area contributed by atoms with Gasteiger partial charge in [-0.05, 0) is 57.1 Å². The number of para-hydroxylation sites is 1. The van der Waals surface area contributed by atoms with Gasteiger partial charge in [0.2, 0.25) is 5.91 Å². The Morgan fingerprint density at radius 3 is 2.64 bits per heavy atom. The predicted octanol–water partition coefficient (Wildman–Crippen LogP) is 3.97. The zero-order valence-electron chi connectivity index (χ0n) is 22.6. The number of likely N-dealkylation sites (tertiary alicyclic amines) is 1. The summed E-state index contributed by atoms with van der Waals surface area (Å²) in [6.45, 7) is 4.61. The SMILES string of the molecule is CC[C@]12/C=C\CCCCOC(=O)[C@H]1[C@H]1C(=O)N(CCCCO)C3C(=O)N(c4c(C)cccc4Cl)CC=C[C@@]31O2. The Morgan fingerprint density at radius 2 is 1.90 bits per heavy atom. The van der Waals surface area contributed by atoms with Gasteiger partial charge in [0.05, 0.1) is 23.2 Å². The van der Waals surface area contributed by atoms with Crippen LogP contribution in [0.5, 0.6) is 0 Å². The van der Waals surface area contributed by atoms with E-state index in [1.165, 1.54) is 0 Å². The van der Waals surface area contributed by atoms with Crippen molar-refractivity contribution in [2.24, 2.45) is 11.8 Å². The second kappa shape index (κ2) is 11.1. The van der Waals surface area contributed by atoms with Gasteiger partial charge in [-0.15, -0.1) is 0 Å². The van der Waals surface area contributed by atoms with Gasteiger partial charge in [0.15, 0.2) is 0 Å². The van der Waals surface area contributed by atoms with E-state index in [2.05, 4.69) is 0 Å². The van der Waals surface area contributed by atoms with E-state index >= 15 is 0 Å². The Balaban J connectivity index is 1.66. The Bertz CT molecular complexity index is 1180. The number of unbranched alkanes of at least 4 members (excludes halogenated alkanes) is 1. The first kappa shape index (κ1) is 27.9. The number of amides is 2. The standard InChI is InChI=1S/C30H37ClN2O6/c1-3-29-14-6-4-5-9-19-38-28(37)23(29)22-26(35)33(16-7-8-18-34)25-27(36)32(17-11-15-30(22,25)39-29)24-20(2)12-10-13-21(24)31/h6,10-15,22-23,25,34H,3-5,7-9,16-19H2,1-2H3/b14-6-/t22-,23+,25?,29-,30-/m0/s1. The lowest BCUT2D eigenvalue weighted by molar-refractivity contribution is -0.160. The summed E-state index contributed by atoms with van der Waals surface area (Å²) in [6.07, 6.45) is 11.5. The van der Waals surface area contributed by atoms with Crippen molar-refractivity contribution in [2.75, 3.05) is 31.2 Å². The number of esters is 1. The molecule has 1 unspecified atom stereocenters. The summed E-state index contributed by atoms with van der Waals surface area (Å²) in [6, 6.07) is 4.48. The Kier molecular flexibility index (Phi) is 7.91. The minimum atomic E-state index is -1.35. The van der Waals surface area contributed by atoms with E-state index in [9.17, 15) is 19.5 Å². The van der Waals surface area contributed by atoms with Crippen LogP contribution in [0.15, 0.2) is 42.5 Å².